The summed E-state index contributed by atoms with van der Waals surface area (Å²) in [5.41, 5.74) is 0.0557. The Hall–Kier alpha value is -0.530. The summed E-state index contributed by atoms with van der Waals surface area (Å²) in [6.07, 6.45) is 5.90. The molecule has 1 amide bonds. The zero-order valence-electron chi connectivity index (χ0n) is 10.3. The Labute approximate surface area is 93.0 Å². The van der Waals surface area contributed by atoms with Gasteiger partial charge in [0.25, 0.3) is 0 Å². The van der Waals surface area contributed by atoms with Crippen molar-refractivity contribution < 1.29 is 4.79 Å². The lowest BCUT2D eigenvalue weighted by Crippen LogP contribution is -2.36. The molecule has 0 unspecified atom stereocenters. The lowest BCUT2D eigenvalue weighted by Gasteiger charge is -2.37. The molecule has 1 spiro atoms. The Balaban J connectivity index is 2.01. The molecule has 15 heavy (non-hydrogen) atoms. The van der Waals surface area contributed by atoms with Crippen molar-refractivity contribution in [2.75, 3.05) is 13.6 Å². The van der Waals surface area contributed by atoms with Gasteiger partial charge in [-0.2, -0.15) is 0 Å². The highest BCUT2D eigenvalue weighted by molar-refractivity contribution is 5.84. The molecule has 0 bridgehead atoms. The zero-order valence-corrected chi connectivity index (χ0v) is 10.3. The normalized spacial score (nSPS) is 36.9. The van der Waals surface area contributed by atoms with Gasteiger partial charge in [-0.3, -0.25) is 4.79 Å². The number of carbonyl (C=O) groups excluding carboxylic acids is 1. The fourth-order valence-corrected chi connectivity index (χ4v) is 3.32. The lowest BCUT2D eigenvalue weighted by atomic mass is 9.67. The summed E-state index contributed by atoms with van der Waals surface area (Å²) in [6.45, 7) is 5.60. The van der Waals surface area contributed by atoms with Gasteiger partial charge in [-0.05, 0) is 43.9 Å². The lowest BCUT2D eigenvalue weighted by molar-refractivity contribution is -0.137. The van der Waals surface area contributed by atoms with E-state index in [1.807, 2.05) is 11.9 Å². The molecule has 2 nitrogen and oxygen atoms in total. The second-order valence-electron chi connectivity index (χ2n) is 5.84. The van der Waals surface area contributed by atoms with Crippen LogP contribution in [0.1, 0.15) is 46.0 Å². The number of hydrogen-bond acceptors (Lipinski definition) is 1. The van der Waals surface area contributed by atoms with Crippen LogP contribution in [0.4, 0.5) is 0 Å². The van der Waals surface area contributed by atoms with Gasteiger partial charge >= 0.3 is 0 Å². The third kappa shape index (κ3) is 1.79. The summed E-state index contributed by atoms with van der Waals surface area (Å²) in [5.74, 6) is 2.07. The second-order valence-corrected chi connectivity index (χ2v) is 5.84. The average molecular weight is 209 g/mol. The van der Waals surface area contributed by atoms with E-state index in [4.69, 9.17) is 0 Å². The minimum absolute atomic E-state index is 0.0557. The molecule has 1 heterocycles. The van der Waals surface area contributed by atoms with Crippen molar-refractivity contribution in [2.24, 2.45) is 17.3 Å². The van der Waals surface area contributed by atoms with E-state index in [-0.39, 0.29) is 5.41 Å². The van der Waals surface area contributed by atoms with E-state index < -0.39 is 0 Å². The van der Waals surface area contributed by atoms with Crippen molar-refractivity contribution in [2.45, 2.75) is 46.0 Å². The van der Waals surface area contributed by atoms with Crippen LogP contribution in [0.2, 0.25) is 0 Å². The zero-order chi connectivity index (χ0) is 11.1. The van der Waals surface area contributed by atoms with E-state index in [2.05, 4.69) is 13.8 Å². The maximum absolute atomic E-state index is 12.1. The van der Waals surface area contributed by atoms with Crippen molar-refractivity contribution in [3.8, 4) is 0 Å². The van der Waals surface area contributed by atoms with Crippen molar-refractivity contribution in [1.82, 2.24) is 4.90 Å². The Kier molecular flexibility index (Phi) is 2.78. The summed E-state index contributed by atoms with van der Waals surface area (Å²) >= 11 is 0. The van der Waals surface area contributed by atoms with Gasteiger partial charge in [0, 0.05) is 13.6 Å². The fraction of sp³-hybridized carbons (Fsp3) is 0.923. The molecule has 2 fully saturated rings. The molecule has 1 saturated carbocycles. The molecule has 2 rings (SSSR count). The molecule has 86 valence electrons. The fourth-order valence-electron chi connectivity index (χ4n) is 3.32. The summed E-state index contributed by atoms with van der Waals surface area (Å²) in [6, 6.07) is 0. The van der Waals surface area contributed by atoms with Gasteiger partial charge in [0.05, 0.1) is 5.41 Å². The minimum Gasteiger partial charge on any atom is -0.345 e. The number of carbonyl (C=O) groups is 1. The van der Waals surface area contributed by atoms with Crippen molar-refractivity contribution >= 4 is 5.91 Å². The predicted molar refractivity (Wildman–Crippen MR) is 61.5 cm³/mol. The summed E-state index contributed by atoms with van der Waals surface area (Å²) < 4.78 is 0. The highest BCUT2D eigenvalue weighted by atomic mass is 16.2. The predicted octanol–water partition coefficient (Wildman–Crippen LogP) is 2.68. The van der Waals surface area contributed by atoms with Crippen LogP contribution < -0.4 is 0 Å². The molecular weight excluding hydrogens is 186 g/mol. The smallest absolute Gasteiger partial charge is 0.228 e. The molecule has 1 saturated heterocycles. The van der Waals surface area contributed by atoms with Crippen LogP contribution in [0.5, 0.6) is 0 Å². The molecule has 0 N–H and O–H groups in total. The van der Waals surface area contributed by atoms with E-state index >= 15 is 0 Å². The third-order valence-electron chi connectivity index (χ3n) is 4.66. The molecule has 1 aliphatic carbocycles. The van der Waals surface area contributed by atoms with E-state index in [1.165, 1.54) is 12.8 Å². The largest absolute Gasteiger partial charge is 0.345 e. The van der Waals surface area contributed by atoms with E-state index in [0.717, 1.165) is 37.6 Å². The van der Waals surface area contributed by atoms with Crippen LogP contribution >= 0.6 is 0 Å². The second kappa shape index (κ2) is 3.80. The molecular formula is C13H23NO. The van der Waals surface area contributed by atoms with Crippen LogP contribution in [0.15, 0.2) is 0 Å². The molecule has 2 heteroatoms. The van der Waals surface area contributed by atoms with Gasteiger partial charge in [0.1, 0.15) is 0 Å². The highest BCUT2D eigenvalue weighted by Gasteiger charge is 2.47. The molecule has 1 aliphatic heterocycles. The summed E-state index contributed by atoms with van der Waals surface area (Å²) in [4.78, 5) is 14.0. The molecule has 0 aromatic carbocycles. The first kappa shape index (κ1) is 11.0. The van der Waals surface area contributed by atoms with Crippen LogP contribution in [0, 0.1) is 17.3 Å². The standard InChI is InChI=1S/C13H23NO/c1-10(2)11-4-6-13(7-5-11)8-9-14(3)12(13)15/h10-11H,4-9H2,1-3H3/t11-,13+. The van der Waals surface area contributed by atoms with E-state index in [0.29, 0.717) is 5.91 Å². The Bertz CT molecular complexity index is 251. The molecule has 0 aromatic rings. The van der Waals surface area contributed by atoms with Crippen LogP contribution in [0.3, 0.4) is 0 Å². The monoisotopic (exact) mass is 209 g/mol. The first-order chi connectivity index (χ1) is 7.05. The van der Waals surface area contributed by atoms with Gasteiger partial charge in [-0.25, -0.2) is 0 Å². The SMILES string of the molecule is CC(C)[C@H]1CC[C@]2(CCN(C)C2=O)CC1. The molecule has 2 aliphatic rings. The van der Waals surface area contributed by atoms with Gasteiger partial charge in [-0.15, -0.1) is 0 Å². The Morgan fingerprint density at radius 1 is 1.27 bits per heavy atom. The molecule has 0 aromatic heterocycles. The summed E-state index contributed by atoms with van der Waals surface area (Å²) in [5, 5.41) is 0. The number of amides is 1. The van der Waals surface area contributed by atoms with Crippen LogP contribution in [0.25, 0.3) is 0 Å². The average Bonchev–Trinajstić information content (AvgIpc) is 2.48. The maximum Gasteiger partial charge on any atom is 0.228 e. The van der Waals surface area contributed by atoms with Crippen molar-refractivity contribution in [3.05, 3.63) is 0 Å². The van der Waals surface area contributed by atoms with Gasteiger partial charge in [0.15, 0.2) is 0 Å². The minimum atomic E-state index is 0.0557. The topological polar surface area (TPSA) is 20.3 Å². The van der Waals surface area contributed by atoms with Crippen LogP contribution in [-0.4, -0.2) is 24.4 Å². The molecule has 0 atom stereocenters. The van der Waals surface area contributed by atoms with Gasteiger partial charge < -0.3 is 4.90 Å². The number of rotatable bonds is 1. The Morgan fingerprint density at radius 2 is 1.87 bits per heavy atom. The third-order valence-corrected chi connectivity index (χ3v) is 4.66. The quantitative estimate of drug-likeness (QED) is 0.650. The Morgan fingerprint density at radius 3 is 2.27 bits per heavy atom. The van der Waals surface area contributed by atoms with Crippen LogP contribution in [-0.2, 0) is 4.79 Å². The first-order valence-electron chi connectivity index (χ1n) is 6.31. The first-order valence-corrected chi connectivity index (χ1v) is 6.31. The van der Waals surface area contributed by atoms with E-state index in [9.17, 15) is 4.79 Å². The maximum atomic E-state index is 12.1. The van der Waals surface area contributed by atoms with Gasteiger partial charge in [0.2, 0.25) is 5.91 Å². The molecule has 0 radical (unpaired) electrons. The highest BCUT2D eigenvalue weighted by Crippen LogP contribution is 2.47. The van der Waals surface area contributed by atoms with Crippen molar-refractivity contribution in [3.63, 3.8) is 0 Å². The number of nitrogens with zero attached hydrogens (tertiary/aromatic N) is 1. The summed E-state index contributed by atoms with van der Waals surface area (Å²) in [7, 11) is 1.95. The number of hydrogen-bond donors (Lipinski definition) is 0. The number of likely N-dealkylation sites (tertiary alicyclic amines) is 1. The van der Waals surface area contributed by atoms with Crippen molar-refractivity contribution in [1.29, 1.82) is 0 Å². The van der Waals surface area contributed by atoms with E-state index in [1.54, 1.807) is 0 Å². The van der Waals surface area contributed by atoms with Gasteiger partial charge in [-0.1, -0.05) is 13.8 Å².